The predicted octanol–water partition coefficient (Wildman–Crippen LogP) is 4.04. The van der Waals surface area contributed by atoms with E-state index in [0.717, 1.165) is 10.5 Å². The Morgan fingerprint density at radius 2 is 1.95 bits per heavy atom. The van der Waals surface area contributed by atoms with Crippen molar-refractivity contribution in [3.63, 3.8) is 0 Å². The highest BCUT2D eigenvalue weighted by Crippen LogP contribution is 2.20. The molecule has 0 spiro atoms. The van der Waals surface area contributed by atoms with Crippen molar-refractivity contribution in [3.05, 3.63) is 63.3 Å². The molecular formula is C15H10BrClFNO3. The number of rotatable bonds is 4. The predicted molar refractivity (Wildman–Crippen MR) is 84.5 cm³/mol. The van der Waals surface area contributed by atoms with Crippen molar-refractivity contribution in [2.45, 2.75) is 0 Å². The number of nitrogens with one attached hydrogen (secondary N) is 1. The van der Waals surface area contributed by atoms with Crippen molar-refractivity contribution in [1.29, 1.82) is 0 Å². The van der Waals surface area contributed by atoms with Crippen molar-refractivity contribution < 1.29 is 18.7 Å². The van der Waals surface area contributed by atoms with Gasteiger partial charge in [0, 0.05) is 10.2 Å². The second kappa shape index (κ2) is 7.38. The third kappa shape index (κ3) is 4.29. The summed E-state index contributed by atoms with van der Waals surface area (Å²) in [6.07, 6.45) is 0. The number of benzene rings is 2. The van der Waals surface area contributed by atoms with Gasteiger partial charge in [0.15, 0.2) is 6.61 Å². The monoisotopic (exact) mass is 385 g/mol. The number of hydrogen-bond acceptors (Lipinski definition) is 3. The molecule has 0 fully saturated rings. The normalized spacial score (nSPS) is 10.1. The molecular weight excluding hydrogens is 377 g/mol. The number of halogens is 3. The Balaban J connectivity index is 1.95. The van der Waals surface area contributed by atoms with Gasteiger partial charge in [-0.3, -0.25) is 4.79 Å². The summed E-state index contributed by atoms with van der Waals surface area (Å²) in [5, 5.41) is 2.47. The van der Waals surface area contributed by atoms with E-state index in [1.54, 1.807) is 24.3 Å². The number of carbonyl (C=O) groups excluding carboxylic acids is 2. The molecule has 114 valence electrons. The topological polar surface area (TPSA) is 55.4 Å². The lowest BCUT2D eigenvalue weighted by molar-refractivity contribution is -0.119. The Morgan fingerprint density at radius 1 is 1.23 bits per heavy atom. The Labute approximate surface area is 139 Å². The standard InChI is InChI=1S/C15H10BrClFNO3/c16-9-3-1-4-10(7-9)19-13(20)8-22-15(21)14-11(17)5-2-6-12(14)18/h1-7H,8H2,(H,19,20). The lowest BCUT2D eigenvalue weighted by atomic mass is 10.2. The summed E-state index contributed by atoms with van der Waals surface area (Å²) >= 11 is 9.01. The number of carbonyl (C=O) groups is 2. The lowest BCUT2D eigenvalue weighted by Crippen LogP contribution is -2.21. The molecule has 0 aliphatic rings. The highest BCUT2D eigenvalue weighted by Gasteiger charge is 2.18. The zero-order valence-electron chi connectivity index (χ0n) is 11.1. The van der Waals surface area contributed by atoms with Crippen molar-refractivity contribution in [2.24, 2.45) is 0 Å². The SMILES string of the molecule is O=C(COC(=O)c1c(F)cccc1Cl)Nc1cccc(Br)c1. The zero-order valence-corrected chi connectivity index (χ0v) is 13.4. The first-order valence-electron chi connectivity index (χ1n) is 6.14. The van der Waals surface area contributed by atoms with Crippen LogP contribution in [0.4, 0.5) is 10.1 Å². The Bertz CT molecular complexity index is 703. The maximum absolute atomic E-state index is 13.5. The van der Waals surface area contributed by atoms with E-state index < -0.39 is 24.3 Å². The fourth-order valence-electron chi connectivity index (χ4n) is 1.66. The molecule has 2 rings (SSSR count). The molecule has 0 radical (unpaired) electrons. The molecule has 1 amide bonds. The largest absolute Gasteiger partial charge is 0.452 e. The van der Waals surface area contributed by atoms with Crippen molar-refractivity contribution in [2.75, 3.05) is 11.9 Å². The summed E-state index contributed by atoms with van der Waals surface area (Å²) in [5.74, 6) is -2.34. The van der Waals surface area contributed by atoms with Crippen LogP contribution < -0.4 is 5.32 Å². The number of ether oxygens (including phenoxy) is 1. The van der Waals surface area contributed by atoms with Crippen LogP contribution in [0.1, 0.15) is 10.4 Å². The van der Waals surface area contributed by atoms with Crippen LogP contribution >= 0.6 is 27.5 Å². The van der Waals surface area contributed by atoms with Gasteiger partial charge < -0.3 is 10.1 Å². The molecule has 0 aliphatic carbocycles. The van der Waals surface area contributed by atoms with E-state index in [0.29, 0.717) is 5.69 Å². The molecule has 0 heterocycles. The van der Waals surface area contributed by atoms with Crippen LogP contribution in [0.5, 0.6) is 0 Å². The van der Waals surface area contributed by atoms with E-state index in [1.165, 1.54) is 12.1 Å². The molecule has 0 aromatic heterocycles. The van der Waals surface area contributed by atoms with Crippen molar-refractivity contribution in [1.82, 2.24) is 0 Å². The number of esters is 1. The van der Waals surface area contributed by atoms with Gasteiger partial charge in [-0.05, 0) is 30.3 Å². The third-order valence-corrected chi connectivity index (χ3v) is 3.42. The molecule has 2 aromatic carbocycles. The van der Waals surface area contributed by atoms with Crippen molar-refractivity contribution in [3.8, 4) is 0 Å². The lowest BCUT2D eigenvalue weighted by Gasteiger charge is -2.08. The molecule has 22 heavy (non-hydrogen) atoms. The number of hydrogen-bond donors (Lipinski definition) is 1. The average molecular weight is 387 g/mol. The second-order valence-electron chi connectivity index (χ2n) is 4.23. The zero-order chi connectivity index (χ0) is 16.1. The molecule has 0 atom stereocenters. The van der Waals surface area contributed by atoms with Crippen LogP contribution in [0, 0.1) is 5.82 Å². The van der Waals surface area contributed by atoms with Gasteiger partial charge in [-0.15, -0.1) is 0 Å². The van der Waals surface area contributed by atoms with E-state index in [4.69, 9.17) is 16.3 Å². The maximum Gasteiger partial charge on any atom is 0.343 e. The van der Waals surface area contributed by atoms with E-state index in [2.05, 4.69) is 21.2 Å². The minimum atomic E-state index is -0.993. The van der Waals surface area contributed by atoms with Crippen LogP contribution in [-0.4, -0.2) is 18.5 Å². The molecule has 0 saturated heterocycles. The van der Waals surface area contributed by atoms with Crippen LogP contribution in [-0.2, 0) is 9.53 Å². The molecule has 0 unspecified atom stereocenters. The smallest absolute Gasteiger partial charge is 0.343 e. The van der Waals surface area contributed by atoms with Gasteiger partial charge in [0.25, 0.3) is 5.91 Å². The van der Waals surface area contributed by atoms with Crippen LogP contribution in [0.3, 0.4) is 0 Å². The van der Waals surface area contributed by atoms with Gasteiger partial charge in [-0.1, -0.05) is 39.7 Å². The maximum atomic E-state index is 13.5. The molecule has 2 aromatic rings. The second-order valence-corrected chi connectivity index (χ2v) is 5.55. The molecule has 4 nitrogen and oxygen atoms in total. The van der Waals surface area contributed by atoms with Gasteiger partial charge in [-0.25, -0.2) is 9.18 Å². The Hall–Kier alpha value is -1.92. The van der Waals surface area contributed by atoms with Gasteiger partial charge in [0.05, 0.1) is 5.02 Å². The highest BCUT2D eigenvalue weighted by molar-refractivity contribution is 9.10. The van der Waals surface area contributed by atoms with E-state index in [1.807, 2.05) is 0 Å². The quantitative estimate of drug-likeness (QED) is 0.807. The molecule has 0 aliphatic heterocycles. The summed E-state index contributed by atoms with van der Waals surface area (Å²) in [4.78, 5) is 23.5. The van der Waals surface area contributed by atoms with Crippen LogP contribution in [0.15, 0.2) is 46.9 Å². The Kier molecular flexibility index (Phi) is 5.51. The van der Waals surface area contributed by atoms with Gasteiger partial charge in [0.2, 0.25) is 0 Å². The fraction of sp³-hybridized carbons (Fsp3) is 0.0667. The summed E-state index contributed by atoms with van der Waals surface area (Å²) in [6, 6.07) is 10.7. The van der Waals surface area contributed by atoms with Crippen LogP contribution in [0.2, 0.25) is 5.02 Å². The van der Waals surface area contributed by atoms with E-state index >= 15 is 0 Å². The minimum absolute atomic E-state index is 0.0719. The molecule has 1 N–H and O–H groups in total. The summed E-state index contributed by atoms with van der Waals surface area (Å²) < 4.78 is 19.1. The number of amides is 1. The summed E-state index contributed by atoms with van der Waals surface area (Å²) in [7, 11) is 0. The summed E-state index contributed by atoms with van der Waals surface area (Å²) in [6.45, 7) is -0.546. The molecule has 0 bridgehead atoms. The summed E-state index contributed by atoms with van der Waals surface area (Å²) in [5.41, 5.74) is 0.152. The first kappa shape index (κ1) is 16.5. The first-order chi connectivity index (χ1) is 10.5. The highest BCUT2D eigenvalue weighted by atomic mass is 79.9. The fourth-order valence-corrected chi connectivity index (χ4v) is 2.30. The average Bonchev–Trinajstić information content (AvgIpc) is 2.45. The van der Waals surface area contributed by atoms with E-state index in [9.17, 15) is 14.0 Å². The molecule has 0 saturated carbocycles. The number of anilines is 1. The van der Waals surface area contributed by atoms with Crippen LogP contribution in [0.25, 0.3) is 0 Å². The minimum Gasteiger partial charge on any atom is -0.452 e. The van der Waals surface area contributed by atoms with Gasteiger partial charge in [-0.2, -0.15) is 0 Å². The third-order valence-electron chi connectivity index (χ3n) is 2.61. The van der Waals surface area contributed by atoms with Crippen molar-refractivity contribution >= 4 is 45.1 Å². The molecule has 7 heteroatoms. The van der Waals surface area contributed by atoms with E-state index in [-0.39, 0.29) is 10.6 Å². The first-order valence-corrected chi connectivity index (χ1v) is 7.31. The van der Waals surface area contributed by atoms with Gasteiger partial charge >= 0.3 is 5.97 Å². The van der Waals surface area contributed by atoms with Gasteiger partial charge in [0.1, 0.15) is 11.4 Å². The Morgan fingerprint density at radius 3 is 2.64 bits per heavy atom.